The van der Waals surface area contributed by atoms with Crippen molar-refractivity contribution >= 4 is 11.8 Å². The van der Waals surface area contributed by atoms with Gasteiger partial charge in [0.25, 0.3) is 5.91 Å². The summed E-state index contributed by atoms with van der Waals surface area (Å²) in [5, 5.41) is 6.94. The van der Waals surface area contributed by atoms with E-state index < -0.39 is 0 Å². The first-order chi connectivity index (χ1) is 14.6. The number of aromatic nitrogens is 1. The number of rotatable bonds is 10. The SMILES string of the molecule is Cc1cc(C)c(-c2cc(C(=O)N(CCC(=O)NCCN(C)C)CC(C)C)no2)c(C)c1. The summed E-state index contributed by atoms with van der Waals surface area (Å²) in [6.45, 7) is 12.5. The highest BCUT2D eigenvalue weighted by Crippen LogP contribution is 2.29. The number of carbonyl (C=O) groups excluding carboxylic acids is 2. The molecule has 170 valence electrons. The second kappa shape index (κ2) is 11.1. The summed E-state index contributed by atoms with van der Waals surface area (Å²) in [4.78, 5) is 29.0. The molecule has 0 aliphatic heterocycles. The van der Waals surface area contributed by atoms with Gasteiger partial charge in [0.1, 0.15) is 0 Å². The molecule has 2 aromatic rings. The van der Waals surface area contributed by atoms with E-state index in [2.05, 4.69) is 29.5 Å². The van der Waals surface area contributed by atoms with E-state index in [0.717, 1.165) is 23.2 Å². The van der Waals surface area contributed by atoms with Crippen LogP contribution in [0.2, 0.25) is 0 Å². The predicted molar refractivity (Wildman–Crippen MR) is 123 cm³/mol. The lowest BCUT2D eigenvalue weighted by Crippen LogP contribution is -2.38. The van der Waals surface area contributed by atoms with E-state index in [0.29, 0.717) is 25.4 Å². The van der Waals surface area contributed by atoms with Gasteiger partial charge in [-0.05, 0) is 51.9 Å². The van der Waals surface area contributed by atoms with Gasteiger partial charge in [0.15, 0.2) is 11.5 Å². The van der Waals surface area contributed by atoms with Gasteiger partial charge in [-0.3, -0.25) is 9.59 Å². The molecule has 0 aliphatic rings. The van der Waals surface area contributed by atoms with Crippen LogP contribution in [-0.2, 0) is 4.79 Å². The van der Waals surface area contributed by atoms with Gasteiger partial charge >= 0.3 is 0 Å². The third-order valence-electron chi connectivity index (χ3n) is 5.02. The van der Waals surface area contributed by atoms with Crippen LogP contribution in [0.1, 0.15) is 47.4 Å². The molecule has 1 aromatic heterocycles. The topological polar surface area (TPSA) is 78.7 Å². The molecule has 0 saturated carbocycles. The van der Waals surface area contributed by atoms with Crippen LogP contribution in [0.4, 0.5) is 0 Å². The molecule has 0 fully saturated rings. The summed E-state index contributed by atoms with van der Waals surface area (Å²) >= 11 is 0. The lowest BCUT2D eigenvalue weighted by molar-refractivity contribution is -0.121. The Kier molecular flexibility index (Phi) is 8.80. The predicted octanol–water partition coefficient (Wildman–Crippen LogP) is 3.43. The minimum Gasteiger partial charge on any atom is -0.355 e. The minimum atomic E-state index is -0.216. The molecular formula is C24H36N4O3. The van der Waals surface area contributed by atoms with Crippen LogP contribution in [0, 0.1) is 26.7 Å². The Morgan fingerprint density at radius 3 is 2.29 bits per heavy atom. The molecule has 1 aromatic carbocycles. The van der Waals surface area contributed by atoms with Gasteiger partial charge in [-0.25, -0.2) is 0 Å². The van der Waals surface area contributed by atoms with Crippen LogP contribution in [0.25, 0.3) is 11.3 Å². The number of hydrogen-bond acceptors (Lipinski definition) is 5. The molecule has 0 saturated heterocycles. The normalized spacial score (nSPS) is 11.3. The Morgan fingerprint density at radius 2 is 1.71 bits per heavy atom. The van der Waals surface area contributed by atoms with Gasteiger partial charge in [0.05, 0.1) is 0 Å². The highest BCUT2D eigenvalue weighted by molar-refractivity contribution is 5.93. The van der Waals surface area contributed by atoms with Crippen molar-refractivity contribution in [3.63, 3.8) is 0 Å². The Balaban J connectivity index is 2.11. The summed E-state index contributed by atoms with van der Waals surface area (Å²) in [6.07, 6.45) is 0.257. The van der Waals surface area contributed by atoms with Crippen molar-refractivity contribution in [2.45, 2.75) is 41.0 Å². The maximum absolute atomic E-state index is 13.1. The standard InChI is InChI=1S/C24H36N4O3/c1-16(2)15-28(10-8-22(29)25-9-11-27(6)7)24(30)20-14-21(31-26-20)23-18(4)12-17(3)13-19(23)5/h12-14,16H,8-11,15H2,1-7H3,(H,25,29). The molecule has 2 rings (SSSR count). The lowest BCUT2D eigenvalue weighted by atomic mass is 9.98. The monoisotopic (exact) mass is 428 g/mol. The molecule has 0 unspecified atom stereocenters. The van der Waals surface area contributed by atoms with Crippen molar-refractivity contribution in [2.24, 2.45) is 5.92 Å². The number of amides is 2. The quantitative estimate of drug-likeness (QED) is 0.627. The molecular weight excluding hydrogens is 392 g/mol. The first-order valence-corrected chi connectivity index (χ1v) is 10.8. The van der Waals surface area contributed by atoms with Crippen LogP contribution in [-0.4, -0.2) is 67.0 Å². The van der Waals surface area contributed by atoms with Crippen molar-refractivity contribution in [1.82, 2.24) is 20.3 Å². The molecule has 0 spiro atoms. The van der Waals surface area contributed by atoms with E-state index >= 15 is 0 Å². The number of likely N-dealkylation sites (N-methyl/N-ethyl adjacent to an activating group) is 1. The number of benzene rings is 1. The Labute approximate surface area is 185 Å². The molecule has 0 bridgehead atoms. The van der Waals surface area contributed by atoms with Gasteiger partial charge in [-0.1, -0.05) is 36.7 Å². The average molecular weight is 429 g/mol. The summed E-state index contributed by atoms with van der Waals surface area (Å²) in [5.74, 6) is 0.584. The van der Waals surface area contributed by atoms with Crippen LogP contribution in [0.3, 0.4) is 0 Å². The van der Waals surface area contributed by atoms with Crippen molar-refractivity contribution in [1.29, 1.82) is 0 Å². The zero-order valence-corrected chi connectivity index (χ0v) is 19.9. The molecule has 0 atom stereocenters. The molecule has 31 heavy (non-hydrogen) atoms. The average Bonchev–Trinajstić information content (AvgIpc) is 3.12. The maximum Gasteiger partial charge on any atom is 0.276 e. The Hall–Kier alpha value is -2.67. The van der Waals surface area contributed by atoms with Gasteiger partial charge in [0, 0.05) is 44.2 Å². The lowest BCUT2D eigenvalue weighted by Gasteiger charge is -2.23. The fraction of sp³-hybridized carbons (Fsp3) is 0.542. The summed E-state index contributed by atoms with van der Waals surface area (Å²) in [5.41, 5.74) is 4.58. The van der Waals surface area contributed by atoms with E-state index in [1.54, 1.807) is 11.0 Å². The highest BCUT2D eigenvalue weighted by atomic mass is 16.5. The van der Waals surface area contributed by atoms with Gasteiger partial charge < -0.3 is 19.6 Å². The number of nitrogens with zero attached hydrogens (tertiary/aromatic N) is 3. The van der Waals surface area contributed by atoms with Crippen LogP contribution >= 0.6 is 0 Å². The van der Waals surface area contributed by atoms with Gasteiger partial charge in [-0.15, -0.1) is 0 Å². The molecule has 7 heteroatoms. The van der Waals surface area contributed by atoms with E-state index in [1.807, 2.05) is 46.7 Å². The molecule has 0 radical (unpaired) electrons. The third kappa shape index (κ3) is 7.21. The molecule has 7 nitrogen and oxygen atoms in total. The molecule has 2 amide bonds. The number of aryl methyl sites for hydroxylation is 3. The summed E-state index contributed by atoms with van der Waals surface area (Å²) in [7, 11) is 3.92. The first kappa shape index (κ1) is 24.6. The number of nitrogens with one attached hydrogen (secondary N) is 1. The smallest absolute Gasteiger partial charge is 0.276 e. The molecule has 1 heterocycles. The summed E-state index contributed by atoms with van der Waals surface area (Å²) in [6, 6.07) is 5.89. The van der Waals surface area contributed by atoms with Crippen LogP contribution in [0.15, 0.2) is 22.7 Å². The van der Waals surface area contributed by atoms with Gasteiger partial charge in [0.2, 0.25) is 5.91 Å². The Bertz CT molecular complexity index is 879. The van der Waals surface area contributed by atoms with Crippen LogP contribution in [0.5, 0.6) is 0 Å². The second-order valence-corrected chi connectivity index (χ2v) is 8.90. The van der Waals surface area contributed by atoms with E-state index in [4.69, 9.17) is 4.52 Å². The van der Waals surface area contributed by atoms with Gasteiger partial charge in [-0.2, -0.15) is 0 Å². The number of carbonyl (C=O) groups is 2. The van der Waals surface area contributed by atoms with Crippen molar-refractivity contribution in [3.05, 3.63) is 40.6 Å². The third-order valence-corrected chi connectivity index (χ3v) is 5.02. The highest BCUT2D eigenvalue weighted by Gasteiger charge is 2.23. The largest absolute Gasteiger partial charge is 0.355 e. The zero-order chi connectivity index (χ0) is 23.1. The molecule has 1 N–H and O–H groups in total. The Morgan fingerprint density at radius 1 is 1.06 bits per heavy atom. The number of hydrogen-bond donors (Lipinski definition) is 1. The fourth-order valence-corrected chi connectivity index (χ4v) is 3.68. The second-order valence-electron chi connectivity index (χ2n) is 8.90. The van der Waals surface area contributed by atoms with Crippen molar-refractivity contribution in [2.75, 3.05) is 40.3 Å². The first-order valence-electron chi connectivity index (χ1n) is 10.8. The summed E-state index contributed by atoms with van der Waals surface area (Å²) < 4.78 is 5.55. The van der Waals surface area contributed by atoms with E-state index in [9.17, 15) is 9.59 Å². The fourth-order valence-electron chi connectivity index (χ4n) is 3.68. The minimum absolute atomic E-state index is 0.0600. The van der Waals surface area contributed by atoms with E-state index in [1.165, 1.54) is 5.56 Å². The van der Waals surface area contributed by atoms with Crippen molar-refractivity contribution in [3.8, 4) is 11.3 Å². The van der Waals surface area contributed by atoms with Crippen LogP contribution < -0.4 is 5.32 Å². The molecule has 0 aliphatic carbocycles. The van der Waals surface area contributed by atoms with Crippen molar-refractivity contribution < 1.29 is 14.1 Å². The zero-order valence-electron chi connectivity index (χ0n) is 19.9. The maximum atomic E-state index is 13.1. The van der Waals surface area contributed by atoms with E-state index in [-0.39, 0.29) is 29.8 Å².